The maximum atomic E-state index is 12.6. The summed E-state index contributed by atoms with van der Waals surface area (Å²) in [6, 6.07) is 14.5. The molecule has 0 aliphatic carbocycles. The molecule has 4 rings (SSSR count). The molecule has 0 saturated heterocycles. The number of tetrazole rings is 1. The first-order valence-electron chi connectivity index (χ1n) is 7.81. The first-order valence-corrected chi connectivity index (χ1v) is 7.81. The SMILES string of the molecule is COc1ccc2cc(NC(=O)c3cccc(-n4cnnn4)c3)cnc2c1. The molecule has 0 radical (unpaired) electrons. The number of benzene rings is 2. The fraction of sp³-hybridized carbons (Fsp3) is 0.0556. The third-order valence-corrected chi connectivity index (χ3v) is 3.87. The maximum Gasteiger partial charge on any atom is 0.255 e. The number of hydrogen-bond acceptors (Lipinski definition) is 6. The van der Waals surface area contributed by atoms with Gasteiger partial charge in [0.25, 0.3) is 5.91 Å². The van der Waals surface area contributed by atoms with Gasteiger partial charge in [-0.05, 0) is 46.8 Å². The highest BCUT2D eigenvalue weighted by molar-refractivity contribution is 6.05. The zero-order valence-electron chi connectivity index (χ0n) is 13.8. The zero-order valence-corrected chi connectivity index (χ0v) is 13.8. The second kappa shape index (κ2) is 6.60. The van der Waals surface area contributed by atoms with Crippen LogP contribution >= 0.6 is 0 Å². The quantitative estimate of drug-likeness (QED) is 0.610. The van der Waals surface area contributed by atoms with Crippen molar-refractivity contribution in [3.05, 3.63) is 66.6 Å². The average molecular weight is 346 g/mol. The first kappa shape index (κ1) is 15.7. The van der Waals surface area contributed by atoms with E-state index in [1.807, 2.05) is 30.3 Å². The van der Waals surface area contributed by atoms with Crippen molar-refractivity contribution in [1.29, 1.82) is 0 Å². The Morgan fingerprint density at radius 1 is 1.15 bits per heavy atom. The van der Waals surface area contributed by atoms with Crippen LogP contribution in [0.2, 0.25) is 0 Å². The lowest BCUT2D eigenvalue weighted by Gasteiger charge is -2.08. The molecule has 8 nitrogen and oxygen atoms in total. The molecule has 4 aromatic rings. The lowest BCUT2D eigenvalue weighted by molar-refractivity contribution is 0.102. The summed E-state index contributed by atoms with van der Waals surface area (Å²) in [6.45, 7) is 0. The molecular formula is C18H14N6O2. The fourth-order valence-electron chi connectivity index (χ4n) is 2.57. The molecule has 0 bridgehead atoms. The van der Waals surface area contributed by atoms with Gasteiger partial charge in [-0.15, -0.1) is 5.10 Å². The normalized spacial score (nSPS) is 10.7. The predicted octanol–water partition coefficient (Wildman–Crippen LogP) is 2.47. The van der Waals surface area contributed by atoms with E-state index in [0.29, 0.717) is 16.9 Å². The van der Waals surface area contributed by atoms with Crippen LogP contribution in [-0.2, 0) is 0 Å². The van der Waals surface area contributed by atoms with E-state index in [0.717, 1.165) is 16.7 Å². The monoisotopic (exact) mass is 346 g/mol. The van der Waals surface area contributed by atoms with Crippen molar-refractivity contribution < 1.29 is 9.53 Å². The van der Waals surface area contributed by atoms with Crippen LogP contribution in [0.3, 0.4) is 0 Å². The Morgan fingerprint density at radius 3 is 2.88 bits per heavy atom. The van der Waals surface area contributed by atoms with Gasteiger partial charge in [-0.3, -0.25) is 9.78 Å². The van der Waals surface area contributed by atoms with Crippen LogP contribution in [0.4, 0.5) is 5.69 Å². The Kier molecular flexibility index (Phi) is 3.98. The number of carbonyl (C=O) groups excluding carboxylic acids is 1. The van der Waals surface area contributed by atoms with E-state index >= 15 is 0 Å². The molecule has 0 unspecified atom stereocenters. The number of methoxy groups -OCH3 is 1. The lowest BCUT2D eigenvalue weighted by Crippen LogP contribution is -2.12. The number of rotatable bonds is 4. The number of anilines is 1. The Bertz CT molecular complexity index is 1080. The van der Waals surface area contributed by atoms with Crippen LogP contribution < -0.4 is 10.1 Å². The molecule has 0 aliphatic rings. The Hall–Kier alpha value is -3.81. The van der Waals surface area contributed by atoms with Crippen LogP contribution in [-0.4, -0.2) is 38.2 Å². The minimum atomic E-state index is -0.241. The van der Waals surface area contributed by atoms with Crippen molar-refractivity contribution in [2.45, 2.75) is 0 Å². The Balaban J connectivity index is 1.58. The molecular weight excluding hydrogens is 332 g/mol. The van der Waals surface area contributed by atoms with Crippen molar-refractivity contribution >= 4 is 22.5 Å². The van der Waals surface area contributed by atoms with Gasteiger partial charge in [-0.2, -0.15) is 0 Å². The molecule has 0 saturated carbocycles. The van der Waals surface area contributed by atoms with Gasteiger partial charge < -0.3 is 10.1 Å². The Morgan fingerprint density at radius 2 is 2.08 bits per heavy atom. The summed E-state index contributed by atoms with van der Waals surface area (Å²) in [5, 5.41) is 14.8. The molecule has 2 aromatic carbocycles. The van der Waals surface area contributed by atoms with E-state index in [9.17, 15) is 4.79 Å². The van der Waals surface area contributed by atoms with Gasteiger partial charge in [0.2, 0.25) is 0 Å². The topological polar surface area (TPSA) is 94.8 Å². The van der Waals surface area contributed by atoms with Crippen LogP contribution in [0.15, 0.2) is 61.1 Å². The van der Waals surface area contributed by atoms with Gasteiger partial charge in [-0.1, -0.05) is 6.07 Å². The van der Waals surface area contributed by atoms with E-state index in [2.05, 4.69) is 25.8 Å². The molecule has 0 spiro atoms. The molecule has 0 fully saturated rings. The van der Waals surface area contributed by atoms with Crippen LogP contribution in [0.25, 0.3) is 16.6 Å². The molecule has 0 atom stereocenters. The van der Waals surface area contributed by atoms with Crippen molar-refractivity contribution in [2.75, 3.05) is 12.4 Å². The van der Waals surface area contributed by atoms with E-state index in [4.69, 9.17) is 4.74 Å². The number of nitrogens with zero attached hydrogens (tertiary/aromatic N) is 5. The summed E-state index contributed by atoms with van der Waals surface area (Å²) in [7, 11) is 1.61. The highest BCUT2D eigenvalue weighted by Crippen LogP contribution is 2.22. The number of fused-ring (bicyclic) bond motifs is 1. The van der Waals surface area contributed by atoms with Crippen molar-refractivity contribution in [1.82, 2.24) is 25.2 Å². The molecule has 26 heavy (non-hydrogen) atoms. The van der Waals surface area contributed by atoms with Crippen molar-refractivity contribution in [3.63, 3.8) is 0 Å². The first-order chi connectivity index (χ1) is 12.7. The fourth-order valence-corrected chi connectivity index (χ4v) is 2.57. The van der Waals surface area contributed by atoms with E-state index < -0.39 is 0 Å². The number of aromatic nitrogens is 5. The summed E-state index contributed by atoms with van der Waals surface area (Å²) >= 11 is 0. The standard InChI is InChI=1S/C18H14N6O2/c1-26-16-6-5-12-7-14(10-19-17(12)9-16)21-18(25)13-3-2-4-15(8-13)24-11-20-22-23-24/h2-11H,1H3,(H,21,25). The lowest BCUT2D eigenvalue weighted by atomic mass is 10.1. The molecule has 2 heterocycles. The third-order valence-electron chi connectivity index (χ3n) is 3.87. The highest BCUT2D eigenvalue weighted by Gasteiger charge is 2.09. The van der Waals surface area contributed by atoms with Gasteiger partial charge >= 0.3 is 0 Å². The van der Waals surface area contributed by atoms with Crippen LogP contribution in [0.5, 0.6) is 5.75 Å². The average Bonchev–Trinajstić information content (AvgIpc) is 3.22. The van der Waals surface area contributed by atoms with Gasteiger partial charge in [0.05, 0.1) is 30.2 Å². The summed E-state index contributed by atoms with van der Waals surface area (Å²) in [6.07, 6.45) is 3.09. The second-order valence-corrected chi connectivity index (χ2v) is 5.54. The summed E-state index contributed by atoms with van der Waals surface area (Å²) in [5.74, 6) is 0.496. The molecule has 1 amide bonds. The number of nitrogens with one attached hydrogen (secondary N) is 1. The Labute approximate surface area is 148 Å². The number of carbonyl (C=O) groups is 1. The number of ether oxygens (including phenoxy) is 1. The van der Waals surface area contributed by atoms with Crippen LogP contribution in [0.1, 0.15) is 10.4 Å². The minimum absolute atomic E-state index is 0.241. The molecule has 1 N–H and O–H groups in total. The highest BCUT2D eigenvalue weighted by atomic mass is 16.5. The summed E-state index contributed by atoms with van der Waals surface area (Å²) < 4.78 is 6.68. The number of pyridine rings is 1. The van der Waals surface area contributed by atoms with Crippen molar-refractivity contribution in [2.24, 2.45) is 0 Å². The molecule has 128 valence electrons. The molecule has 8 heteroatoms. The van der Waals surface area contributed by atoms with E-state index in [1.54, 1.807) is 31.5 Å². The minimum Gasteiger partial charge on any atom is -0.497 e. The number of amides is 1. The smallest absolute Gasteiger partial charge is 0.255 e. The van der Waals surface area contributed by atoms with Gasteiger partial charge in [0.1, 0.15) is 12.1 Å². The molecule has 0 aliphatic heterocycles. The number of hydrogen-bond donors (Lipinski definition) is 1. The van der Waals surface area contributed by atoms with Crippen molar-refractivity contribution in [3.8, 4) is 11.4 Å². The van der Waals surface area contributed by atoms with E-state index in [-0.39, 0.29) is 5.91 Å². The van der Waals surface area contributed by atoms with Gasteiger partial charge in [0.15, 0.2) is 0 Å². The van der Waals surface area contributed by atoms with Gasteiger partial charge in [-0.25, -0.2) is 4.68 Å². The summed E-state index contributed by atoms with van der Waals surface area (Å²) in [5.41, 5.74) is 2.60. The predicted molar refractivity (Wildman–Crippen MR) is 95.4 cm³/mol. The van der Waals surface area contributed by atoms with E-state index in [1.165, 1.54) is 11.0 Å². The zero-order chi connectivity index (χ0) is 17.9. The maximum absolute atomic E-state index is 12.6. The third kappa shape index (κ3) is 3.07. The van der Waals surface area contributed by atoms with Crippen LogP contribution in [0, 0.1) is 0 Å². The summed E-state index contributed by atoms with van der Waals surface area (Å²) in [4.78, 5) is 16.9. The largest absolute Gasteiger partial charge is 0.497 e. The van der Waals surface area contributed by atoms with Gasteiger partial charge in [0, 0.05) is 17.0 Å². The second-order valence-electron chi connectivity index (χ2n) is 5.54. The molecule has 2 aromatic heterocycles.